The van der Waals surface area contributed by atoms with E-state index in [1.807, 2.05) is 23.0 Å². The molecule has 2 amide bonds. The standard InChI is InChI=1S/C17H24N4O2/c1-19-13-14(12-18-19)6-7-16(22)20-8-10-21(11-9-20)17(23)15-4-2-3-5-15/h6-7,12-13,15H,2-5,8-11H2,1H3. The lowest BCUT2D eigenvalue weighted by molar-refractivity contribution is -0.140. The molecule has 1 saturated heterocycles. The highest BCUT2D eigenvalue weighted by Crippen LogP contribution is 2.26. The third-order valence-electron chi connectivity index (χ3n) is 4.75. The monoisotopic (exact) mass is 316 g/mol. The van der Waals surface area contributed by atoms with E-state index in [-0.39, 0.29) is 11.8 Å². The van der Waals surface area contributed by atoms with E-state index < -0.39 is 0 Å². The van der Waals surface area contributed by atoms with Crippen LogP contribution < -0.4 is 0 Å². The Balaban J connectivity index is 1.49. The fourth-order valence-electron chi connectivity index (χ4n) is 3.38. The molecule has 6 nitrogen and oxygen atoms in total. The Morgan fingerprint density at radius 3 is 2.39 bits per heavy atom. The van der Waals surface area contributed by atoms with Crippen molar-refractivity contribution < 1.29 is 9.59 Å². The van der Waals surface area contributed by atoms with E-state index in [1.165, 1.54) is 12.8 Å². The van der Waals surface area contributed by atoms with E-state index in [2.05, 4.69) is 5.10 Å². The van der Waals surface area contributed by atoms with Crippen LogP contribution in [0.5, 0.6) is 0 Å². The number of hydrogen-bond acceptors (Lipinski definition) is 3. The first-order valence-electron chi connectivity index (χ1n) is 8.38. The van der Waals surface area contributed by atoms with Gasteiger partial charge in [-0.1, -0.05) is 12.8 Å². The Bertz CT molecular complexity index is 593. The van der Waals surface area contributed by atoms with Crippen molar-refractivity contribution in [1.82, 2.24) is 19.6 Å². The van der Waals surface area contributed by atoms with E-state index in [0.717, 1.165) is 18.4 Å². The maximum absolute atomic E-state index is 12.4. The maximum Gasteiger partial charge on any atom is 0.246 e. The van der Waals surface area contributed by atoms with E-state index in [9.17, 15) is 9.59 Å². The van der Waals surface area contributed by atoms with Crippen LogP contribution in [0.25, 0.3) is 6.08 Å². The van der Waals surface area contributed by atoms with Gasteiger partial charge in [0.15, 0.2) is 0 Å². The zero-order chi connectivity index (χ0) is 16.2. The predicted molar refractivity (Wildman–Crippen MR) is 87.4 cm³/mol. The smallest absolute Gasteiger partial charge is 0.246 e. The second-order valence-electron chi connectivity index (χ2n) is 6.41. The summed E-state index contributed by atoms with van der Waals surface area (Å²) in [5.74, 6) is 0.519. The van der Waals surface area contributed by atoms with E-state index >= 15 is 0 Å². The second-order valence-corrected chi connectivity index (χ2v) is 6.41. The summed E-state index contributed by atoms with van der Waals surface area (Å²) in [6, 6.07) is 0. The molecule has 1 saturated carbocycles. The van der Waals surface area contributed by atoms with Gasteiger partial charge in [-0.2, -0.15) is 5.10 Å². The highest BCUT2D eigenvalue weighted by atomic mass is 16.2. The molecule has 1 aromatic heterocycles. The molecular formula is C17H24N4O2. The summed E-state index contributed by atoms with van der Waals surface area (Å²) >= 11 is 0. The van der Waals surface area contributed by atoms with Crippen molar-refractivity contribution in [3.8, 4) is 0 Å². The second kappa shape index (κ2) is 6.98. The number of nitrogens with zero attached hydrogens (tertiary/aromatic N) is 4. The van der Waals surface area contributed by atoms with Gasteiger partial charge < -0.3 is 9.80 Å². The molecule has 0 unspecified atom stereocenters. The third kappa shape index (κ3) is 3.81. The molecule has 0 aromatic carbocycles. The fraction of sp³-hybridized carbons (Fsp3) is 0.588. The van der Waals surface area contributed by atoms with Gasteiger partial charge in [-0.15, -0.1) is 0 Å². The molecule has 6 heteroatoms. The molecule has 2 aliphatic rings. The van der Waals surface area contributed by atoms with Crippen LogP contribution in [-0.2, 0) is 16.6 Å². The van der Waals surface area contributed by atoms with Crippen molar-refractivity contribution in [2.75, 3.05) is 26.2 Å². The number of aryl methyl sites for hydroxylation is 1. The lowest BCUT2D eigenvalue weighted by Gasteiger charge is -2.35. The zero-order valence-corrected chi connectivity index (χ0v) is 13.6. The molecule has 2 fully saturated rings. The van der Waals surface area contributed by atoms with Crippen LogP contribution in [-0.4, -0.2) is 57.6 Å². The molecule has 3 rings (SSSR count). The quantitative estimate of drug-likeness (QED) is 0.790. The summed E-state index contributed by atoms with van der Waals surface area (Å²) in [4.78, 5) is 28.4. The van der Waals surface area contributed by atoms with Gasteiger partial charge in [0.1, 0.15) is 0 Å². The number of rotatable bonds is 3. The highest BCUT2D eigenvalue weighted by Gasteiger charge is 2.29. The van der Waals surface area contributed by atoms with Crippen LogP contribution in [0, 0.1) is 5.92 Å². The Morgan fingerprint density at radius 1 is 1.13 bits per heavy atom. The molecule has 0 bridgehead atoms. The fourth-order valence-corrected chi connectivity index (χ4v) is 3.38. The predicted octanol–water partition coefficient (Wildman–Crippen LogP) is 1.29. The minimum absolute atomic E-state index is 0.00168. The first kappa shape index (κ1) is 15.8. The minimum atomic E-state index is 0.00168. The Morgan fingerprint density at radius 2 is 1.78 bits per heavy atom. The van der Waals surface area contributed by atoms with Crippen LogP contribution >= 0.6 is 0 Å². The van der Waals surface area contributed by atoms with Crippen molar-refractivity contribution in [1.29, 1.82) is 0 Å². The topological polar surface area (TPSA) is 58.4 Å². The highest BCUT2D eigenvalue weighted by molar-refractivity contribution is 5.92. The molecule has 0 radical (unpaired) electrons. The molecule has 1 aromatic rings. The molecule has 0 N–H and O–H groups in total. The van der Waals surface area contributed by atoms with Crippen LogP contribution in [0.2, 0.25) is 0 Å². The van der Waals surface area contributed by atoms with E-state index in [4.69, 9.17) is 0 Å². The molecular weight excluding hydrogens is 292 g/mol. The van der Waals surface area contributed by atoms with Gasteiger partial charge in [0.2, 0.25) is 11.8 Å². The van der Waals surface area contributed by atoms with E-state index in [0.29, 0.717) is 32.1 Å². The molecule has 23 heavy (non-hydrogen) atoms. The number of hydrogen-bond donors (Lipinski definition) is 0. The normalized spacial score (nSPS) is 19.7. The van der Waals surface area contributed by atoms with Crippen LogP contribution in [0.15, 0.2) is 18.5 Å². The number of carbonyl (C=O) groups is 2. The molecule has 124 valence electrons. The van der Waals surface area contributed by atoms with Crippen molar-refractivity contribution in [2.24, 2.45) is 13.0 Å². The first-order chi connectivity index (χ1) is 11.1. The summed E-state index contributed by atoms with van der Waals surface area (Å²) in [5.41, 5.74) is 0.913. The lowest BCUT2D eigenvalue weighted by Crippen LogP contribution is -2.51. The van der Waals surface area contributed by atoms with Gasteiger partial charge in [0.05, 0.1) is 6.20 Å². The van der Waals surface area contributed by atoms with Crippen LogP contribution in [0.3, 0.4) is 0 Å². The number of piperazine rings is 1. The Labute approximate surface area is 136 Å². The summed E-state index contributed by atoms with van der Waals surface area (Å²) in [6.07, 6.45) is 11.4. The Hall–Kier alpha value is -2.11. The molecule has 1 aliphatic heterocycles. The summed E-state index contributed by atoms with van der Waals surface area (Å²) in [7, 11) is 1.85. The third-order valence-corrected chi connectivity index (χ3v) is 4.75. The average molecular weight is 316 g/mol. The van der Waals surface area contributed by atoms with Crippen LogP contribution in [0.4, 0.5) is 0 Å². The lowest BCUT2D eigenvalue weighted by atomic mass is 10.1. The summed E-state index contributed by atoms with van der Waals surface area (Å²) < 4.78 is 1.71. The van der Waals surface area contributed by atoms with Gasteiger partial charge >= 0.3 is 0 Å². The van der Waals surface area contributed by atoms with Gasteiger partial charge in [0.25, 0.3) is 0 Å². The van der Waals surface area contributed by atoms with Crippen molar-refractivity contribution in [3.63, 3.8) is 0 Å². The van der Waals surface area contributed by atoms with Crippen molar-refractivity contribution in [2.45, 2.75) is 25.7 Å². The van der Waals surface area contributed by atoms with Gasteiger partial charge in [-0.25, -0.2) is 0 Å². The zero-order valence-electron chi connectivity index (χ0n) is 13.6. The number of aromatic nitrogens is 2. The largest absolute Gasteiger partial charge is 0.339 e. The molecule has 0 atom stereocenters. The first-order valence-corrected chi connectivity index (χ1v) is 8.38. The van der Waals surface area contributed by atoms with Crippen molar-refractivity contribution >= 4 is 17.9 Å². The van der Waals surface area contributed by atoms with Gasteiger partial charge in [-0.05, 0) is 18.9 Å². The van der Waals surface area contributed by atoms with Crippen LogP contribution in [0.1, 0.15) is 31.2 Å². The SMILES string of the molecule is Cn1cc(C=CC(=O)N2CCN(C(=O)C3CCCC3)CC2)cn1. The number of carbonyl (C=O) groups excluding carboxylic acids is 2. The number of amides is 2. The Kier molecular flexibility index (Phi) is 4.79. The van der Waals surface area contributed by atoms with Gasteiger partial charge in [-0.3, -0.25) is 14.3 Å². The average Bonchev–Trinajstić information content (AvgIpc) is 3.24. The minimum Gasteiger partial charge on any atom is -0.339 e. The molecule has 0 spiro atoms. The van der Waals surface area contributed by atoms with Crippen molar-refractivity contribution in [3.05, 3.63) is 24.0 Å². The molecule has 2 heterocycles. The maximum atomic E-state index is 12.4. The van der Waals surface area contributed by atoms with E-state index in [1.54, 1.807) is 23.0 Å². The van der Waals surface area contributed by atoms with Gasteiger partial charge in [0, 0.05) is 57.0 Å². The molecule has 1 aliphatic carbocycles. The summed E-state index contributed by atoms with van der Waals surface area (Å²) in [5, 5.41) is 4.07. The summed E-state index contributed by atoms with van der Waals surface area (Å²) in [6.45, 7) is 2.55.